The maximum Gasteiger partial charge on any atom is 0.203 e. The minimum absolute atomic E-state index is 0.0357. The van der Waals surface area contributed by atoms with Crippen LogP contribution in [-0.2, 0) is 6.54 Å². The Labute approximate surface area is 142 Å². The summed E-state index contributed by atoms with van der Waals surface area (Å²) in [6.45, 7) is 6.36. The average molecular weight is 322 g/mol. The summed E-state index contributed by atoms with van der Waals surface area (Å²) in [6.07, 6.45) is 0. The van der Waals surface area contributed by atoms with Gasteiger partial charge in [-0.1, -0.05) is 51.1 Å². The van der Waals surface area contributed by atoms with E-state index in [1.54, 1.807) is 7.11 Å². The molecule has 0 saturated carbocycles. The highest BCUT2D eigenvalue weighted by atomic mass is 16.5. The largest absolute Gasteiger partial charge is 0.497 e. The summed E-state index contributed by atoms with van der Waals surface area (Å²) in [6, 6.07) is 15.8. The fourth-order valence-electron chi connectivity index (χ4n) is 2.66. The van der Waals surface area contributed by atoms with Gasteiger partial charge in [0.25, 0.3) is 0 Å². The van der Waals surface area contributed by atoms with Gasteiger partial charge in [-0.3, -0.25) is 4.79 Å². The van der Waals surface area contributed by atoms with Crippen LogP contribution in [0.3, 0.4) is 0 Å². The summed E-state index contributed by atoms with van der Waals surface area (Å²) in [4.78, 5) is 17.5. The number of aromatic nitrogens is 2. The summed E-state index contributed by atoms with van der Waals surface area (Å²) in [5.74, 6) is 1.29. The van der Waals surface area contributed by atoms with E-state index in [9.17, 15) is 4.79 Å². The second-order valence-electron chi connectivity index (χ2n) is 6.94. The monoisotopic (exact) mass is 322 g/mol. The van der Waals surface area contributed by atoms with Gasteiger partial charge in [-0.05, 0) is 17.7 Å². The molecule has 0 unspecified atom stereocenters. The molecule has 4 nitrogen and oxygen atoms in total. The van der Waals surface area contributed by atoms with E-state index in [1.165, 1.54) is 0 Å². The minimum Gasteiger partial charge on any atom is -0.497 e. The van der Waals surface area contributed by atoms with Crippen molar-refractivity contribution in [2.75, 3.05) is 7.11 Å². The van der Waals surface area contributed by atoms with Gasteiger partial charge in [0, 0.05) is 18.0 Å². The van der Waals surface area contributed by atoms with Gasteiger partial charge in [0.2, 0.25) is 5.78 Å². The van der Waals surface area contributed by atoms with Crippen LogP contribution in [0.1, 0.15) is 37.0 Å². The molecule has 0 fully saturated rings. The molecular formula is C20H22N2O2. The van der Waals surface area contributed by atoms with E-state index in [1.807, 2.05) is 61.7 Å². The zero-order valence-electron chi connectivity index (χ0n) is 14.5. The van der Waals surface area contributed by atoms with Crippen molar-refractivity contribution in [3.8, 4) is 5.75 Å². The summed E-state index contributed by atoms with van der Waals surface area (Å²) >= 11 is 0. The molecule has 124 valence electrons. The Hall–Kier alpha value is -2.62. The molecule has 0 spiro atoms. The van der Waals surface area contributed by atoms with Crippen LogP contribution in [0.25, 0.3) is 11.0 Å². The first-order valence-electron chi connectivity index (χ1n) is 8.03. The molecule has 24 heavy (non-hydrogen) atoms. The number of benzene rings is 2. The first-order valence-corrected chi connectivity index (χ1v) is 8.03. The van der Waals surface area contributed by atoms with Crippen molar-refractivity contribution in [3.05, 3.63) is 59.9 Å². The summed E-state index contributed by atoms with van der Waals surface area (Å²) in [5.41, 5.74) is 2.35. The number of ether oxygens (including phenoxy) is 1. The van der Waals surface area contributed by atoms with Crippen molar-refractivity contribution in [2.45, 2.75) is 27.3 Å². The zero-order chi connectivity index (χ0) is 17.3. The second-order valence-corrected chi connectivity index (χ2v) is 6.94. The van der Waals surface area contributed by atoms with Gasteiger partial charge in [0.05, 0.1) is 18.1 Å². The van der Waals surface area contributed by atoms with E-state index in [-0.39, 0.29) is 5.78 Å². The third-order valence-corrected chi connectivity index (χ3v) is 4.02. The van der Waals surface area contributed by atoms with Gasteiger partial charge >= 0.3 is 0 Å². The molecule has 0 N–H and O–H groups in total. The van der Waals surface area contributed by atoms with Crippen molar-refractivity contribution in [1.82, 2.24) is 9.55 Å². The molecule has 0 bridgehead atoms. The molecule has 2 aromatic carbocycles. The third kappa shape index (κ3) is 3.04. The molecule has 0 saturated heterocycles. The first-order chi connectivity index (χ1) is 11.4. The minimum atomic E-state index is -0.486. The highest BCUT2D eigenvalue weighted by molar-refractivity contribution is 5.99. The Kier molecular flexibility index (Phi) is 4.14. The average Bonchev–Trinajstić information content (AvgIpc) is 2.91. The van der Waals surface area contributed by atoms with Gasteiger partial charge in [0.15, 0.2) is 5.82 Å². The Balaban J connectivity index is 2.19. The molecule has 0 aliphatic carbocycles. The number of hydrogen-bond acceptors (Lipinski definition) is 3. The van der Waals surface area contributed by atoms with Crippen LogP contribution < -0.4 is 4.74 Å². The van der Waals surface area contributed by atoms with Crippen molar-refractivity contribution in [2.24, 2.45) is 5.41 Å². The number of carbonyl (C=O) groups excluding carboxylic acids is 1. The Bertz CT molecular complexity index is 874. The number of rotatable bonds is 4. The Morgan fingerprint density at radius 2 is 1.83 bits per heavy atom. The number of methoxy groups -OCH3 is 1. The van der Waals surface area contributed by atoms with Gasteiger partial charge in [-0.25, -0.2) is 4.98 Å². The number of nitrogens with zero attached hydrogens (tertiary/aromatic N) is 2. The van der Waals surface area contributed by atoms with E-state index >= 15 is 0 Å². The quantitative estimate of drug-likeness (QED) is 0.672. The van der Waals surface area contributed by atoms with Crippen molar-refractivity contribution >= 4 is 16.8 Å². The summed E-state index contributed by atoms with van der Waals surface area (Å²) in [5, 5.41) is 0. The molecule has 1 aromatic heterocycles. The molecule has 0 radical (unpaired) electrons. The maximum absolute atomic E-state index is 12.9. The molecule has 3 aromatic rings. The van der Waals surface area contributed by atoms with Crippen molar-refractivity contribution in [3.63, 3.8) is 0 Å². The van der Waals surface area contributed by atoms with Crippen molar-refractivity contribution < 1.29 is 9.53 Å². The lowest BCUT2D eigenvalue weighted by atomic mass is 9.90. The number of ketones is 1. The highest BCUT2D eigenvalue weighted by Crippen LogP contribution is 2.27. The van der Waals surface area contributed by atoms with E-state index in [0.29, 0.717) is 12.4 Å². The van der Waals surface area contributed by atoms with Crippen LogP contribution in [0.4, 0.5) is 0 Å². The number of hydrogen-bond donors (Lipinski definition) is 0. The lowest BCUT2D eigenvalue weighted by Crippen LogP contribution is -2.24. The first kappa shape index (κ1) is 16.2. The third-order valence-electron chi connectivity index (χ3n) is 4.02. The smallest absolute Gasteiger partial charge is 0.203 e. The molecule has 1 heterocycles. The van der Waals surface area contributed by atoms with E-state index in [0.717, 1.165) is 22.3 Å². The van der Waals surface area contributed by atoms with Gasteiger partial charge in [-0.15, -0.1) is 0 Å². The summed E-state index contributed by atoms with van der Waals surface area (Å²) in [7, 11) is 1.64. The molecule has 0 amide bonds. The van der Waals surface area contributed by atoms with Gasteiger partial charge < -0.3 is 9.30 Å². The molecule has 0 aliphatic rings. The molecule has 0 aliphatic heterocycles. The summed E-state index contributed by atoms with van der Waals surface area (Å²) < 4.78 is 7.33. The Morgan fingerprint density at radius 3 is 2.46 bits per heavy atom. The normalized spacial score (nSPS) is 11.7. The lowest BCUT2D eigenvalue weighted by Gasteiger charge is -2.17. The fraction of sp³-hybridized carbons (Fsp3) is 0.300. The van der Waals surface area contributed by atoms with Crippen LogP contribution in [-0.4, -0.2) is 22.4 Å². The predicted octanol–water partition coefficient (Wildman–Crippen LogP) is 4.32. The maximum atomic E-state index is 12.9. The number of carbonyl (C=O) groups is 1. The van der Waals surface area contributed by atoms with Crippen LogP contribution in [0.15, 0.2) is 48.5 Å². The number of imidazole rings is 1. The zero-order valence-corrected chi connectivity index (χ0v) is 14.5. The highest BCUT2D eigenvalue weighted by Gasteiger charge is 2.28. The fourth-order valence-corrected chi connectivity index (χ4v) is 2.66. The van der Waals surface area contributed by atoms with Gasteiger partial charge in [-0.2, -0.15) is 0 Å². The standard InChI is InChI=1S/C20H22N2O2/c1-20(2,3)18(23)19-21-16-11-10-15(24-4)12-17(16)22(19)13-14-8-6-5-7-9-14/h5-12H,13H2,1-4H3. The topological polar surface area (TPSA) is 44.1 Å². The van der Waals surface area contributed by atoms with E-state index < -0.39 is 5.41 Å². The van der Waals surface area contributed by atoms with Crippen LogP contribution in [0.5, 0.6) is 5.75 Å². The van der Waals surface area contributed by atoms with Gasteiger partial charge in [0.1, 0.15) is 5.75 Å². The van der Waals surface area contributed by atoms with Crippen molar-refractivity contribution in [1.29, 1.82) is 0 Å². The van der Waals surface area contributed by atoms with Crippen LogP contribution >= 0.6 is 0 Å². The van der Waals surface area contributed by atoms with Crippen LogP contribution in [0, 0.1) is 5.41 Å². The van der Waals surface area contributed by atoms with E-state index in [4.69, 9.17) is 4.74 Å². The lowest BCUT2D eigenvalue weighted by molar-refractivity contribution is 0.0843. The second kappa shape index (κ2) is 6.11. The Morgan fingerprint density at radius 1 is 1.12 bits per heavy atom. The van der Waals surface area contributed by atoms with Crippen LogP contribution in [0.2, 0.25) is 0 Å². The molecule has 0 atom stereocenters. The number of Topliss-reactive ketones (excluding diaryl/α,β-unsaturated/α-hetero) is 1. The SMILES string of the molecule is COc1ccc2nc(C(=O)C(C)(C)C)n(Cc3ccccc3)c2c1. The number of fused-ring (bicyclic) bond motifs is 1. The predicted molar refractivity (Wildman–Crippen MR) is 95.6 cm³/mol. The van der Waals surface area contributed by atoms with E-state index in [2.05, 4.69) is 17.1 Å². The molecule has 3 rings (SSSR count). The molecular weight excluding hydrogens is 300 g/mol. The molecule has 4 heteroatoms.